The molecule has 0 aromatic rings. The lowest BCUT2D eigenvalue weighted by atomic mass is 9.94. The predicted octanol–water partition coefficient (Wildman–Crippen LogP) is 2.73. The van der Waals surface area contributed by atoms with Crippen molar-refractivity contribution < 1.29 is 0 Å². The first kappa shape index (κ1) is 14.0. The van der Waals surface area contributed by atoms with Crippen molar-refractivity contribution in [2.45, 2.75) is 53.0 Å². The molecule has 1 heterocycles. The van der Waals surface area contributed by atoms with E-state index in [4.69, 9.17) is 5.73 Å². The Balaban J connectivity index is 2.49. The van der Waals surface area contributed by atoms with Crippen molar-refractivity contribution in [1.82, 2.24) is 4.90 Å². The third-order valence-corrected chi connectivity index (χ3v) is 4.31. The molecule has 1 rings (SSSR count). The molecular weight excluding hydrogens is 196 g/mol. The van der Waals surface area contributed by atoms with Crippen LogP contribution >= 0.6 is 0 Å². The van der Waals surface area contributed by atoms with Crippen molar-refractivity contribution in [3.05, 3.63) is 0 Å². The van der Waals surface area contributed by atoms with Crippen LogP contribution in [0.2, 0.25) is 0 Å². The second kappa shape index (κ2) is 6.61. The second-order valence-corrected chi connectivity index (χ2v) is 5.86. The Hall–Kier alpha value is -0.0800. The van der Waals surface area contributed by atoms with Crippen LogP contribution in [-0.4, -0.2) is 30.6 Å². The van der Waals surface area contributed by atoms with Gasteiger partial charge in [0.15, 0.2) is 0 Å². The van der Waals surface area contributed by atoms with Gasteiger partial charge in [0, 0.05) is 19.1 Å². The summed E-state index contributed by atoms with van der Waals surface area (Å²) < 4.78 is 0. The van der Waals surface area contributed by atoms with E-state index in [9.17, 15) is 0 Å². The van der Waals surface area contributed by atoms with E-state index in [0.29, 0.717) is 6.04 Å². The number of hydrogen-bond acceptors (Lipinski definition) is 2. The minimum atomic E-state index is 0.615. The maximum atomic E-state index is 5.96. The third kappa shape index (κ3) is 3.46. The standard InChI is InChI=1S/C14H30N2/c1-5-6-12(4)14(9-15)16-8-7-13(10-16)11(2)3/h11-14H,5-10,15H2,1-4H3. The van der Waals surface area contributed by atoms with Gasteiger partial charge in [-0.3, -0.25) is 4.90 Å². The van der Waals surface area contributed by atoms with E-state index in [1.54, 1.807) is 0 Å². The van der Waals surface area contributed by atoms with E-state index in [1.165, 1.54) is 32.4 Å². The van der Waals surface area contributed by atoms with Crippen LogP contribution in [0.15, 0.2) is 0 Å². The smallest absolute Gasteiger partial charge is 0.0244 e. The van der Waals surface area contributed by atoms with Crippen molar-refractivity contribution in [1.29, 1.82) is 0 Å². The van der Waals surface area contributed by atoms with Gasteiger partial charge in [-0.1, -0.05) is 34.1 Å². The van der Waals surface area contributed by atoms with Gasteiger partial charge in [-0.25, -0.2) is 0 Å². The molecule has 1 fully saturated rings. The SMILES string of the molecule is CCCC(C)C(CN)N1CCC(C(C)C)C1. The van der Waals surface area contributed by atoms with E-state index in [2.05, 4.69) is 32.6 Å². The van der Waals surface area contributed by atoms with Crippen LogP contribution in [0.4, 0.5) is 0 Å². The predicted molar refractivity (Wildman–Crippen MR) is 71.4 cm³/mol. The van der Waals surface area contributed by atoms with E-state index >= 15 is 0 Å². The van der Waals surface area contributed by atoms with Crippen LogP contribution in [0.1, 0.15) is 47.0 Å². The highest BCUT2D eigenvalue weighted by molar-refractivity contribution is 4.85. The molecule has 2 N–H and O–H groups in total. The maximum absolute atomic E-state index is 5.96. The molecule has 1 aliphatic heterocycles. The fourth-order valence-corrected chi connectivity index (χ4v) is 3.05. The van der Waals surface area contributed by atoms with Crippen molar-refractivity contribution in [2.75, 3.05) is 19.6 Å². The molecule has 0 amide bonds. The highest BCUT2D eigenvalue weighted by atomic mass is 15.2. The summed E-state index contributed by atoms with van der Waals surface area (Å²) in [5, 5.41) is 0. The van der Waals surface area contributed by atoms with Crippen LogP contribution in [0.3, 0.4) is 0 Å². The molecule has 16 heavy (non-hydrogen) atoms. The molecule has 0 bridgehead atoms. The van der Waals surface area contributed by atoms with Crippen LogP contribution in [-0.2, 0) is 0 Å². The molecule has 2 nitrogen and oxygen atoms in total. The fraction of sp³-hybridized carbons (Fsp3) is 1.00. The molecule has 0 aliphatic carbocycles. The Morgan fingerprint density at radius 3 is 2.44 bits per heavy atom. The lowest BCUT2D eigenvalue weighted by molar-refractivity contribution is 0.170. The van der Waals surface area contributed by atoms with E-state index in [1.807, 2.05) is 0 Å². The topological polar surface area (TPSA) is 29.3 Å². The summed E-state index contributed by atoms with van der Waals surface area (Å²) in [6, 6.07) is 0.615. The summed E-state index contributed by atoms with van der Waals surface area (Å²) in [5.41, 5.74) is 5.96. The Bertz CT molecular complexity index is 191. The highest BCUT2D eigenvalue weighted by Crippen LogP contribution is 2.27. The first-order chi connectivity index (χ1) is 7.60. The molecule has 3 atom stereocenters. The molecule has 96 valence electrons. The first-order valence-electron chi connectivity index (χ1n) is 7.04. The minimum Gasteiger partial charge on any atom is -0.329 e. The molecule has 2 heteroatoms. The lowest BCUT2D eigenvalue weighted by Crippen LogP contribution is -2.43. The molecule has 1 saturated heterocycles. The minimum absolute atomic E-state index is 0.615. The molecule has 0 saturated carbocycles. The van der Waals surface area contributed by atoms with Crippen molar-refractivity contribution in [3.8, 4) is 0 Å². The van der Waals surface area contributed by atoms with E-state index in [0.717, 1.165) is 24.3 Å². The molecule has 0 radical (unpaired) electrons. The average molecular weight is 226 g/mol. The van der Waals surface area contributed by atoms with Crippen molar-refractivity contribution >= 4 is 0 Å². The summed E-state index contributed by atoms with van der Waals surface area (Å²) in [6.07, 6.45) is 3.96. The first-order valence-corrected chi connectivity index (χ1v) is 7.04. The molecule has 0 spiro atoms. The largest absolute Gasteiger partial charge is 0.329 e. The van der Waals surface area contributed by atoms with Gasteiger partial charge in [-0.15, -0.1) is 0 Å². The van der Waals surface area contributed by atoms with Crippen molar-refractivity contribution in [2.24, 2.45) is 23.5 Å². The summed E-state index contributed by atoms with van der Waals surface area (Å²) in [4.78, 5) is 2.64. The number of nitrogens with zero attached hydrogens (tertiary/aromatic N) is 1. The van der Waals surface area contributed by atoms with Gasteiger partial charge in [-0.05, 0) is 37.1 Å². The monoisotopic (exact) mass is 226 g/mol. The Labute approximate surface area is 102 Å². The van der Waals surface area contributed by atoms with Gasteiger partial charge in [0.2, 0.25) is 0 Å². The summed E-state index contributed by atoms with van der Waals surface area (Å²) in [7, 11) is 0. The van der Waals surface area contributed by atoms with Crippen LogP contribution in [0, 0.1) is 17.8 Å². The van der Waals surface area contributed by atoms with E-state index < -0.39 is 0 Å². The summed E-state index contributed by atoms with van der Waals surface area (Å²) in [6.45, 7) is 12.7. The van der Waals surface area contributed by atoms with Gasteiger partial charge in [0.05, 0.1) is 0 Å². The zero-order valence-electron chi connectivity index (χ0n) is 11.6. The van der Waals surface area contributed by atoms with E-state index in [-0.39, 0.29) is 0 Å². The number of likely N-dealkylation sites (tertiary alicyclic amines) is 1. The fourth-order valence-electron chi connectivity index (χ4n) is 3.05. The number of hydrogen-bond donors (Lipinski definition) is 1. The molecule has 0 aromatic carbocycles. The van der Waals surface area contributed by atoms with Gasteiger partial charge >= 0.3 is 0 Å². The average Bonchev–Trinajstić information content (AvgIpc) is 2.68. The van der Waals surface area contributed by atoms with Gasteiger partial charge < -0.3 is 5.73 Å². The van der Waals surface area contributed by atoms with Gasteiger partial charge in [0.25, 0.3) is 0 Å². The van der Waals surface area contributed by atoms with Crippen LogP contribution in [0.5, 0.6) is 0 Å². The molecule has 3 unspecified atom stereocenters. The normalized spacial score (nSPS) is 26.2. The Kier molecular flexibility index (Phi) is 5.77. The van der Waals surface area contributed by atoms with Crippen molar-refractivity contribution in [3.63, 3.8) is 0 Å². The summed E-state index contributed by atoms with van der Waals surface area (Å²) in [5.74, 6) is 2.47. The zero-order chi connectivity index (χ0) is 12.1. The number of nitrogens with two attached hydrogens (primary N) is 1. The van der Waals surface area contributed by atoms with Gasteiger partial charge in [0.1, 0.15) is 0 Å². The molecule has 0 aromatic heterocycles. The van der Waals surface area contributed by atoms with Gasteiger partial charge in [-0.2, -0.15) is 0 Å². The zero-order valence-corrected chi connectivity index (χ0v) is 11.6. The second-order valence-electron chi connectivity index (χ2n) is 5.86. The van der Waals surface area contributed by atoms with Crippen LogP contribution < -0.4 is 5.73 Å². The summed E-state index contributed by atoms with van der Waals surface area (Å²) >= 11 is 0. The number of rotatable bonds is 6. The Morgan fingerprint density at radius 2 is 2.00 bits per heavy atom. The maximum Gasteiger partial charge on any atom is 0.0244 e. The third-order valence-electron chi connectivity index (χ3n) is 4.31. The quantitative estimate of drug-likeness (QED) is 0.754. The Morgan fingerprint density at radius 1 is 1.31 bits per heavy atom. The molecule has 1 aliphatic rings. The van der Waals surface area contributed by atoms with Crippen LogP contribution in [0.25, 0.3) is 0 Å². The highest BCUT2D eigenvalue weighted by Gasteiger charge is 2.31. The molecular formula is C14H30N2. The lowest BCUT2D eigenvalue weighted by Gasteiger charge is -2.32.